The van der Waals surface area contributed by atoms with Gasteiger partial charge in [-0.1, -0.05) is 6.58 Å². The molecular weight excluding hydrogens is 128 g/mol. The third-order valence-electron chi connectivity index (χ3n) is 0.684. The smallest absolute Gasteiger partial charge is 0.243 e. The molecular formula is C7H16N2O. The lowest BCUT2D eigenvalue weighted by Crippen LogP contribution is -2.39. The molecule has 0 spiro atoms. The first-order valence-electron chi connectivity index (χ1n) is 2.90. The van der Waals surface area contributed by atoms with E-state index in [-0.39, 0.29) is 17.6 Å². The lowest BCUT2D eigenvalue weighted by Gasteiger charge is -2.18. The van der Waals surface area contributed by atoms with Gasteiger partial charge in [-0.15, -0.1) is 0 Å². The number of amides is 1. The highest BCUT2D eigenvalue weighted by molar-refractivity contribution is 5.87. The van der Waals surface area contributed by atoms with Crippen LogP contribution in [0.2, 0.25) is 0 Å². The predicted octanol–water partition coefficient (Wildman–Crippen LogP) is 1.25. The number of carbonyl (C=O) groups excluding carboxylic acids is 1. The van der Waals surface area contributed by atoms with E-state index in [0.29, 0.717) is 0 Å². The van der Waals surface area contributed by atoms with Crippen molar-refractivity contribution in [3.63, 3.8) is 0 Å². The Balaban J connectivity index is 0. The van der Waals surface area contributed by atoms with Gasteiger partial charge in [-0.3, -0.25) is 4.79 Å². The molecule has 0 heterocycles. The van der Waals surface area contributed by atoms with E-state index < -0.39 is 0 Å². The zero-order valence-corrected chi connectivity index (χ0v) is 6.90. The van der Waals surface area contributed by atoms with Gasteiger partial charge in [0.25, 0.3) is 0 Å². The second kappa shape index (κ2) is 4.06. The fourth-order valence-electron chi connectivity index (χ4n) is 0.421. The van der Waals surface area contributed by atoms with E-state index in [0.717, 1.165) is 0 Å². The van der Waals surface area contributed by atoms with Crippen molar-refractivity contribution >= 4 is 5.91 Å². The SMILES string of the molecule is C=CC(=O)NC(C)(C)C.N. The van der Waals surface area contributed by atoms with Crippen molar-refractivity contribution in [1.29, 1.82) is 0 Å². The summed E-state index contributed by atoms with van der Waals surface area (Å²) >= 11 is 0. The summed E-state index contributed by atoms with van der Waals surface area (Å²) in [7, 11) is 0. The minimum Gasteiger partial charge on any atom is -0.348 e. The Morgan fingerprint density at radius 2 is 1.90 bits per heavy atom. The van der Waals surface area contributed by atoms with E-state index in [4.69, 9.17) is 0 Å². The predicted molar refractivity (Wildman–Crippen MR) is 43.1 cm³/mol. The maximum Gasteiger partial charge on any atom is 0.243 e. The molecule has 60 valence electrons. The minimum absolute atomic E-state index is 0. The average Bonchev–Trinajstić information content (AvgIpc) is 1.62. The van der Waals surface area contributed by atoms with Crippen molar-refractivity contribution < 1.29 is 4.79 Å². The molecule has 0 fully saturated rings. The number of carbonyl (C=O) groups is 1. The topological polar surface area (TPSA) is 64.1 Å². The van der Waals surface area contributed by atoms with Crippen LogP contribution in [0.25, 0.3) is 0 Å². The van der Waals surface area contributed by atoms with Crippen molar-refractivity contribution in [2.45, 2.75) is 26.3 Å². The molecule has 3 nitrogen and oxygen atoms in total. The van der Waals surface area contributed by atoms with E-state index >= 15 is 0 Å². The zero-order valence-electron chi connectivity index (χ0n) is 6.90. The number of hydrogen-bond donors (Lipinski definition) is 2. The van der Waals surface area contributed by atoms with Gasteiger partial charge in [0.15, 0.2) is 0 Å². The van der Waals surface area contributed by atoms with Crippen molar-refractivity contribution in [1.82, 2.24) is 11.5 Å². The molecule has 10 heavy (non-hydrogen) atoms. The normalized spacial score (nSPS) is 9.50. The molecule has 0 aromatic heterocycles. The van der Waals surface area contributed by atoms with Crippen LogP contribution in [-0.2, 0) is 4.79 Å². The van der Waals surface area contributed by atoms with Crippen LogP contribution in [0, 0.1) is 0 Å². The van der Waals surface area contributed by atoms with Crippen molar-refractivity contribution in [3.05, 3.63) is 12.7 Å². The molecule has 3 heteroatoms. The fourth-order valence-corrected chi connectivity index (χ4v) is 0.421. The molecule has 0 aromatic rings. The van der Waals surface area contributed by atoms with Crippen molar-refractivity contribution in [2.24, 2.45) is 0 Å². The van der Waals surface area contributed by atoms with Gasteiger partial charge >= 0.3 is 0 Å². The number of rotatable bonds is 1. The van der Waals surface area contributed by atoms with Crippen LogP contribution in [-0.4, -0.2) is 11.4 Å². The second-order valence-corrected chi connectivity index (χ2v) is 2.94. The van der Waals surface area contributed by atoms with Gasteiger partial charge in [0.2, 0.25) is 5.91 Å². The first kappa shape index (κ1) is 11.9. The van der Waals surface area contributed by atoms with Crippen LogP contribution in [0.3, 0.4) is 0 Å². The average molecular weight is 144 g/mol. The Morgan fingerprint density at radius 3 is 2.00 bits per heavy atom. The molecule has 0 aromatic carbocycles. The molecule has 0 rings (SSSR count). The van der Waals surface area contributed by atoms with Crippen LogP contribution in [0.1, 0.15) is 20.8 Å². The van der Waals surface area contributed by atoms with Crippen molar-refractivity contribution in [2.75, 3.05) is 0 Å². The monoisotopic (exact) mass is 144 g/mol. The Labute approximate surface area is 62.1 Å². The van der Waals surface area contributed by atoms with E-state index in [1.165, 1.54) is 6.08 Å². The van der Waals surface area contributed by atoms with Gasteiger partial charge in [0.1, 0.15) is 0 Å². The van der Waals surface area contributed by atoms with E-state index in [1.54, 1.807) is 0 Å². The molecule has 0 unspecified atom stereocenters. The molecule has 0 bridgehead atoms. The quantitative estimate of drug-likeness (QED) is 0.544. The van der Waals surface area contributed by atoms with Crippen LogP contribution in [0.15, 0.2) is 12.7 Å². The summed E-state index contributed by atoms with van der Waals surface area (Å²) in [6.07, 6.45) is 1.27. The maximum atomic E-state index is 10.6. The van der Waals surface area contributed by atoms with Gasteiger partial charge < -0.3 is 11.5 Å². The fraction of sp³-hybridized carbons (Fsp3) is 0.571. The third kappa shape index (κ3) is 7.17. The first-order valence-corrected chi connectivity index (χ1v) is 2.90. The zero-order chi connectivity index (χ0) is 7.49. The summed E-state index contributed by atoms with van der Waals surface area (Å²) in [5, 5.41) is 2.71. The third-order valence-corrected chi connectivity index (χ3v) is 0.684. The number of nitrogens with one attached hydrogen (secondary N) is 1. The molecule has 0 aliphatic heterocycles. The summed E-state index contributed by atoms with van der Waals surface area (Å²) < 4.78 is 0. The highest BCUT2D eigenvalue weighted by atomic mass is 16.1. The molecule has 0 aliphatic rings. The van der Waals surface area contributed by atoms with E-state index in [2.05, 4.69) is 11.9 Å². The lowest BCUT2D eigenvalue weighted by molar-refractivity contribution is -0.117. The Morgan fingerprint density at radius 1 is 1.50 bits per heavy atom. The Kier molecular flexibility index (Phi) is 4.83. The highest BCUT2D eigenvalue weighted by Crippen LogP contribution is 1.97. The van der Waals surface area contributed by atoms with E-state index in [9.17, 15) is 4.79 Å². The molecule has 0 saturated heterocycles. The molecule has 1 amide bonds. The maximum absolute atomic E-state index is 10.6. The van der Waals surface area contributed by atoms with Crippen LogP contribution in [0.5, 0.6) is 0 Å². The second-order valence-electron chi connectivity index (χ2n) is 2.94. The Hall–Kier alpha value is -0.830. The number of hydrogen-bond acceptors (Lipinski definition) is 2. The Bertz CT molecular complexity index is 124. The van der Waals surface area contributed by atoms with Gasteiger partial charge in [0.05, 0.1) is 0 Å². The van der Waals surface area contributed by atoms with Crippen LogP contribution in [0.4, 0.5) is 0 Å². The molecule has 0 atom stereocenters. The minimum atomic E-state index is -0.148. The van der Waals surface area contributed by atoms with Gasteiger partial charge in [-0.2, -0.15) is 0 Å². The largest absolute Gasteiger partial charge is 0.348 e. The summed E-state index contributed by atoms with van der Waals surface area (Å²) in [5.41, 5.74) is -0.148. The highest BCUT2D eigenvalue weighted by Gasteiger charge is 2.10. The summed E-state index contributed by atoms with van der Waals surface area (Å²) in [6, 6.07) is 0. The lowest BCUT2D eigenvalue weighted by atomic mass is 10.1. The standard InChI is InChI=1S/C7H13NO.H3N/c1-5-6(9)8-7(2,3)4;/h5H,1H2,2-4H3,(H,8,9);1H3. The van der Waals surface area contributed by atoms with E-state index in [1.807, 2.05) is 20.8 Å². The van der Waals surface area contributed by atoms with Gasteiger partial charge in [0, 0.05) is 5.54 Å². The molecule has 0 radical (unpaired) electrons. The molecule has 0 aliphatic carbocycles. The molecule has 0 saturated carbocycles. The van der Waals surface area contributed by atoms with Crippen LogP contribution < -0.4 is 11.5 Å². The first-order chi connectivity index (χ1) is 3.95. The summed E-state index contributed by atoms with van der Waals surface area (Å²) in [6.45, 7) is 9.11. The van der Waals surface area contributed by atoms with Gasteiger partial charge in [-0.25, -0.2) is 0 Å². The molecule has 4 N–H and O–H groups in total. The van der Waals surface area contributed by atoms with Gasteiger partial charge in [-0.05, 0) is 26.8 Å². The van der Waals surface area contributed by atoms with Crippen molar-refractivity contribution in [3.8, 4) is 0 Å². The van der Waals surface area contributed by atoms with Crippen LogP contribution >= 0.6 is 0 Å². The summed E-state index contributed by atoms with van der Waals surface area (Å²) in [4.78, 5) is 10.6. The summed E-state index contributed by atoms with van der Waals surface area (Å²) in [5.74, 6) is -0.123.